The Bertz CT molecular complexity index is 391. The summed E-state index contributed by atoms with van der Waals surface area (Å²) < 4.78 is 5.42. The van der Waals surface area contributed by atoms with Crippen LogP contribution in [0.1, 0.15) is 32.3 Å². The molecule has 0 unspecified atom stereocenters. The van der Waals surface area contributed by atoms with E-state index in [1.807, 2.05) is 24.3 Å². The van der Waals surface area contributed by atoms with Crippen LogP contribution in [0.25, 0.3) is 0 Å². The lowest BCUT2D eigenvalue weighted by Crippen LogP contribution is -2.15. The molecule has 0 saturated heterocycles. The molecule has 0 bridgehead atoms. The van der Waals surface area contributed by atoms with E-state index in [0.717, 1.165) is 17.7 Å². The average molecular weight is 264 g/mol. The van der Waals surface area contributed by atoms with Crippen molar-refractivity contribution in [2.45, 2.75) is 33.2 Å². The Kier molecular flexibility index (Phi) is 7.15. The zero-order valence-electron chi connectivity index (χ0n) is 11.8. The van der Waals surface area contributed by atoms with E-state index in [2.05, 4.69) is 19.2 Å². The quantitative estimate of drug-likeness (QED) is 0.709. The second kappa shape index (κ2) is 8.67. The first-order valence-electron chi connectivity index (χ1n) is 6.78. The third-order valence-electron chi connectivity index (χ3n) is 2.76. The minimum Gasteiger partial charge on any atom is -0.381 e. The number of rotatable bonds is 8. The summed E-state index contributed by atoms with van der Waals surface area (Å²) >= 11 is 0. The third-order valence-corrected chi connectivity index (χ3v) is 2.76. The smallest absolute Gasteiger partial charge is 0.226 e. The van der Waals surface area contributed by atoms with Crippen molar-refractivity contribution in [3.8, 4) is 0 Å². The standard InChI is InChI=1S/C15H24N2O2/c1-12(2)6-8-19-9-7-15(18)17-14-5-3-4-13(10-14)11-16/h3-5,10,12H,6-9,11,16H2,1-2H3,(H,17,18). The first-order valence-corrected chi connectivity index (χ1v) is 6.78. The molecule has 4 nitrogen and oxygen atoms in total. The zero-order chi connectivity index (χ0) is 14.1. The molecule has 0 spiro atoms. The van der Waals surface area contributed by atoms with E-state index in [1.54, 1.807) is 0 Å². The van der Waals surface area contributed by atoms with Crippen LogP contribution >= 0.6 is 0 Å². The van der Waals surface area contributed by atoms with E-state index in [1.165, 1.54) is 0 Å². The van der Waals surface area contributed by atoms with Gasteiger partial charge in [-0.25, -0.2) is 0 Å². The van der Waals surface area contributed by atoms with Crippen LogP contribution in [0.2, 0.25) is 0 Å². The van der Waals surface area contributed by atoms with Crippen LogP contribution in [0, 0.1) is 5.92 Å². The Morgan fingerprint density at radius 1 is 1.37 bits per heavy atom. The van der Waals surface area contributed by atoms with Crippen LogP contribution in [0.4, 0.5) is 5.69 Å². The predicted octanol–water partition coefficient (Wildman–Crippen LogP) is 2.54. The van der Waals surface area contributed by atoms with Crippen molar-refractivity contribution in [1.82, 2.24) is 0 Å². The average Bonchev–Trinajstić information content (AvgIpc) is 2.38. The van der Waals surface area contributed by atoms with Crippen LogP contribution in [0.3, 0.4) is 0 Å². The summed E-state index contributed by atoms with van der Waals surface area (Å²) in [6.45, 7) is 5.96. The number of carbonyl (C=O) groups is 1. The maximum absolute atomic E-state index is 11.7. The lowest BCUT2D eigenvalue weighted by Gasteiger charge is -2.08. The summed E-state index contributed by atoms with van der Waals surface area (Å²) in [6, 6.07) is 7.57. The van der Waals surface area contributed by atoms with Crippen molar-refractivity contribution in [3.63, 3.8) is 0 Å². The molecule has 1 amide bonds. The molecule has 0 atom stereocenters. The Balaban J connectivity index is 2.23. The summed E-state index contributed by atoms with van der Waals surface area (Å²) in [5, 5.41) is 2.84. The van der Waals surface area contributed by atoms with Crippen LogP contribution in [-0.4, -0.2) is 19.1 Å². The van der Waals surface area contributed by atoms with Gasteiger partial charge in [0.25, 0.3) is 0 Å². The second-order valence-corrected chi connectivity index (χ2v) is 5.00. The first kappa shape index (κ1) is 15.7. The van der Waals surface area contributed by atoms with E-state index < -0.39 is 0 Å². The van der Waals surface area contributed by atoms with Gasteiger partial charge in [-0.1, -0.05) is 26.0 Å². The molecule has 0 aliphatic carbocycles. The molecule has 0 radical (unpaired) electrons. The molecular weight excluding hydrogens is 240 g/mol. The van der Waals surface area contributed by atoms with Gasteiger partial charge in [0.2, 0.25) is 5.91 Å². The minimum atomic E-state index is -0.0290. The van der Waals surface area contributed by atoms with E-state index in [-0.39, 0.29) is 5.91 Å². The number of anilines is 1. The molecule has 19 heavy (non-hydrogen) atoms. The number of carbonyl (C=O) groups excluding carboxylic acids is 1. The molecule has 1 aromatic carbocycles. The van der Waals surface area contributed by atoms with Crippen LogP contribution < -0.4 is 11.1 Å². The van der Waals surface area contributed by atoms with E-state index in [9.17, 15) is 4.79 Å². The monoisotopic (exact) mass is 264 g/mol. The number of amides is 1. The van der Waals surface area contributed by atoms with Crippen molar-refractivity contribution in [3.05, 3.63) is 29.8 Å². The third kappa shape index (κ3) is 6.94. The number of ether oxygens (including phenoxy) is 1. The van der Waals surface area contributed by atoms with Gasteiger partial charge in [0.1, 0.15) is 0 Å². The van der Waals surface area contributed by atoms with Gasteiger partial charge in [0.05, 0.1) is 13.0 Å². The lowest BCUT2D eigenvalue weighted by atomic mass is 10.1. The summed E-state index contributed by atoms with van der Waals surface area (Å²) in [6.07, 6.45) is 1.41. The van der Waals surface area contributed by atoms with Gasteiger partial charge in [-0.2, -0.15) is 0 Å². The van der Waals surface area contributed by atoms with E-state index in [4.69, 9.17) is 10.5 Å². The fraction of sp³-hybridized carbons (Fsp3) is 0.533. The highest BCUT2D eigenvalue weighted by atomic mass is 16.5. The minimum absolute atomic E-state index is 0.0290. The first-order chi connectivity index (χ1) is 9.11. The van der Waals surface area contributed by atoms with Crippen molar-refractivity contribution in [2.75, 3.05) is 18.5 Å². The van der Waals surface area contributed by atoms with Gasteiger partial charge >= 0.3 is 0 Å². The summed E-state index contributed by atoms with van der Waals surface area (Å²) in [5.74, 6) is 0.603. The summed E-state index contributed by atoms with van der Waals surface area (Å²) in [5.41, 5.74) is 7.35. The van der Waals surface area contributed by atoms with E-state index >= 15 is 0 Å². The Hall–Kier alpha value is -1.39. The molecule has 1 rings (SSSR count). The molecule has 1 aromatic rings. The van der Waals surface area contributed by atoms with Crippen LogP contribution in [0.15, 0.2) is 24.3 Å². The Morgan fingerprint density at radius 3 is 2.84 bits per heavy atom. The van der Waals surface area contributed by atoms with Crippen molar-refractivity contribution in [1.29, 1.82) is 0 Å². The number of benzene rings is 1. The highest BCUT2D eigenvalue weighted by molar-refractivity contribution is 5.90. The topological polar surface area (TPSA) is 64.3 Å². The van der Waals surface area contributed by atoms with Gasteiger partial charge < -0.3 is 15.8 Å². The van der Waals surface area contributed by atoms with Crippen LogP contribution in [0.5, 0.6) is 0 Å². The fourth-order valence-corrected chi connectivity index (χ4v) is 1.59. The molecule has 106 valence electrons. The number of nitrogens with two attached hydrogens (primary N) is 1. The molecular formula is C15H24N2O2. The largest absolute Gasteiger partial charge is 0.381 e. The van der Waals surface area contributed by atoms with E-state index in [0.29, 0.717) is 32.1 Å². The molecule has 0 heterocycles. The molecule has 0 aliphatic heterocycles. The summed E-state index contributed by atoms with van der Waals surface area (Å²) in [4.78, 5) is 11.7. The normalized spacial score (nSPS) is 10.7. The number of nitrogens with one attached hydrogen (secondary N) is 1. The van der Waals surface area contributed by atoms with Crippen LogP contribution in [-0.2, 0) is 16.1 Å². The lowest BCUT2D eigenvalue weighted by molar-refractivity contribution is -0.117. The number of hydrogen-bond donors (Lipinski definition) is 2. The molecule has 4 heteroatoms. The van der Waals surface area contributed by atoms with Gasteiger partial charge in [-0.3, -0.25) is 4.79 Å². The number of hydrogen-bond acceptors (Lipinski definition) is 3. The van der Waals surface area contributed by atoms with Crippen molar-refractivity contribution >= 4 is 11.6 Å². The Morgan fingerprint density at radius 2 is 2.16 bits per heavy atom. The van der Waals surface area contributed by atoms with Gasteiger partial charge in [-0.15, -0.1) is 0 Å². The SMILES string of the molecule is CC(C)CCOCCC(=O)Nc1cccc(CN)c1. The highest BCUT2D eigenvalue weighted by Gasteiger charge is 2.03. The maximum Gasteiger partial charge on any atom is 0.226 e. The molecule has 0 aliphatic rings. The maximum atomic E-state index is 11.7. The fourth-order valence-electron chi connectivity index (χ4n) is 1.59. The molecule has 0 fully saturated rings. The van der Waals surface area contributed by atoms with Crippen molar-refractivity contribution < 1.29 is 9.53 Å². The van der Waals surface area contributed by atoms with Gasteiger partial charge in [0.15, 0.2) is 0 Å². The summed E-state index contributed by atoms with van der Waals surface area (Å²) in [7, 11) is 0. The zero-order valence-corrected chi connectivity index (χ0v) is 11.8. The molecule has 0 saturated carbocycles. The molecule has 3 N–H and O–H groups in total. The second-order valence-electron chi connectivity index (χ2n) is 5.00. The van der Waals surface area contributed by atoms with Gasteiger partial charge in [-0.05, 0) is 30.0 Å². The van der Waals surface area contributed by atoms with Crippen molar-refractivity contribution in [2.24, 2.45) is 11.7 Å². The Labute approximate surface area is 115 Å². The van der Waals surface area contributed by atoms with Gasteiger partial charge in [0, 0.05) is 18.8 Å². The predicted molar refractivity (Wildman–Crippen MR) is 77.9 cm³/mol. The molecule has 0 aromatic heterocycles. The highest BCUT2D eigenvalue weighted by Crippen LogP contribution is 2.10.